The number of benzene rings is 2. The van der Waals surface area contributed by atoms with Crippen LogP contribution in [0.4, 0.5) is 11.6 Å². The van der Waals surface area contributed by atoms with E-state index in [-0.39, 0.29) is 13.3 Å². The second-order valence-corrected chi connectivity index (χ2v) is 14.3. The van der Waals surface area contributed by atoms with Gasteiger partial charge in [-0.15, -0.1) is 0 Å². The van der Waals surface area contributed by atoms with E-state index in [2.05, 4.69) is 66.7 Å². The maximum atomic E-state index is 11.9. The third-order valence-electron chi connectivity index (χ3n) is 10.7. The number of amides is 1. The Morgan fingerprint density at radius 2 is 1.12 bits per heavy atom. The first-order valence-electron chi connectivity index (χ1n) is 19.3. The number of nitrogens with one attached hydrogen (secondary N) is 2. The smallest absolute Gasteiger partial charge is 0.246 e. The Balaban J connectivity index is 0.000000163. The minimum absolute atomic E-state index is 0. The first-order chi connectivity index (χ1) is 28.5. The van der Waals surface area contributed by atoms with Crippen LogP contribution in [0.3, 0.4) is 0 Å². The van der Waals surface area contributed by atoms with Gasteiger partial charge in [0.15, 0.2) is 0 Å². The predicted molar refractivity (Wildman–Crippen MR) is 228 cm³/mol. The Labute approximate surface area is 340 Å². The normalized spacial score (nSPS) is 14.2. The molecule has 2 saturated heterocycles. The number of ether oxygens (including phenoxy) is 2. The van der Waals surface area contributed by atoms with Gasteiger partial charge < -0.3 is 24.2 Å². The number of hydrogen-bond acceptors (Lipinski definition) is 13. The third kappa shape index (κ3) is 7.51. The van der Waals surface area contributed by atoms with Crippen molar-refractivity contribution < 1.29 is 14.3 Å². The molecular formula is C43H45N13O3. The maximum absolute atomic E-state index is 11.9. The fraction of sp³-hybridized carbons (Fsp3) is 0.279. The van der Waals surface area contributed by atoms with E-state index in [1.807, 2.05) is 50.2 Å². The van der Waals surface area contributed by atoms with E-state index in [1.165, 1.54) is 31.7 Å². The number of piperidine rings is 1. The molecular weight excluding hydrogens is 747 g/mol. The maximum Gasteiger partial charge on any atom is 0.246 e. The van der Waals surface area contributed by atoms with Gasteiger partial charge in [-0.25, -0.2) is 29.9 Å². The molecule has 59 heavy (non-hydrogen) atoms. The minimum atomic E-state index is -0.0455. The van der Waals surface area contributed by atoms with Gasteiger partial charge in [-0.3, -0.25) is 15.0 Å². The zero-order valence-corrected chi connectivity index (χ0v) is 32.2. The number of carbonyl (C=O) groups excluding carboxylic acids is 1. The number of aromatic amines is 2. The summed E-state index contributed by atoms with van der Waals surface area (Å²) in [6.07, 6.45) is 15.1. The van der Waals surface area contributed by atoms with Gasteiger partial charge in [-0.05, 0) is 74.6 Å². The topological polar surface area (TPSA) is 180 Å². The summed E-state index contributed by atoms with van der Waals surface area (Å²) < 4.78 is 12.5. The molecule has 2 aliphatic rings. The van der Waals surface area contributed by atoms with E-state index in [4.69, 9.17) is 9.47 Å². The summed E-state index contributed by atoms with van der Waals surface area (Å²) in [4.78, 5) is 45.1. The first-order valence-corrected chi connectivity index (χ1v) is 19.3. The van der Waals surface area contributed by atoms with Gasteiger partial charge in [0.1, 0.15) is 46.8 Å². The minimum Gasteiger partial charge on any atom is -0.436 e. The fourth-order valence-corrected chi connectivity index (χ4v) is 7.59. The van der Waals surface area contributed by atoms with E-state index in [9.17, 15) is 4.79 Å². The number of pyridine rings is 2. The van der Waals surface area contributed by atoms with Gasteiger partial charge in [-0.2, -0.15) is 10.2 Å². The van der Waals surface area contributed by atoms with Crippen molar-refractivity contribution in [2.45, 2.75) is 40.5 Å². The van der Waals surface area contributed by atoms with E-state index in [0.29, 0.717) is 49.2 Å². The number of H-pyrrole nitrogens is 2. The molecule has 2 N–H and O–H groups in total. The lowest BCUT2D eigenvalue weighted by Gasteiger charge is -2.35. The monoisotopic (exact) mass is 791 g/mol. The summed E-state index contributed by atoms with van der Waals surface area (Å²) in [5.41, 5.74) is 5.19. The molecule has 8 aromatic rings. The quantitative estimate of drug-likeness (QED) is 0.152. The summed E-state index contributed by atoms with van der Waals surface area (Å²) in [5, 5.41) is 17.8. The van der Waals surface area contributed by atoms with Crippen molar-refractivity contribution in [3.63, 3.8) is 0 Å². The van der Waals surface area contributed by atoms with Crippen molar-refractivity contribution in [3.05, 3.63) is 97.6 Å². The molecule has 0 aliphatic carbocycles. The molecule has 0 atom stereocenters. The Morgan fingerprint density at radius 1 is 0.627 bits per heavy atom. The summed E-state index contributed by atoms with van der Waals surface area (Å²) in [7, 11) is 0. The second-order valence-electron chi connectivity index (χ2n) is 14.3. The molecule has 0 saturated carbocycles. The molecule has 2 fully saturated rings. The summed E-state index contributed by atoms with van der Waals surface area (Å²) >= 11 is 0. The number of nitrogens with zero attached hydrogens (tertiary/aromatic N) is 11. The second kappa shape index (κ2) is 16.7. The van der Waals surface area contributed by atoms with Gasteiger partial charge >= 0.3 is 0 Å². The van der Waals surface area contributed by atoms with Crippen LogP contribution in [0.25, 0.3) is 43.6 Å². The molecule has 0 bridgehead atoms. The fourth-order valence-electron chi connectivity index (χ4n) is 7.59. The number of aryl methyl sites for hydroxylation is 2. The lowest BCUT2D eigenvalue weighted by molar-refractivity contribution is -0.126. The molecule has 6 aromatic heterocycles. The zero-order chi connectivity index (χ0) is 39.6. The number of piperazine rings is 1. The van der Waals surface area contributed by atoms with Crippen molar-refractivity contribution in [1.82, 2.24) is 55.2 Å². The summed E-state index contributed by atoms with van der Waals surface area (Å²) in [5.74, 6) is 4.08. The van der Waals surface area contributed by atoms with Gasteiger partial charge in [0, 0.05) is 62.4 Å². The van der Waals surface area contributed by atoms with Crippen LogP contribution in [-0.4, -0.2) is 100 Å². The average molecular weight is 792 g/mol. The molecule has 10 rings (SSSR count). The van der Waals surface area contributed by atoms with Crippen molar-refractivity contribution >= 4 is 61.2 Å². The van der Waals surface area contributed by atoms with Crippen LogP contribution in [0.5, 0.6) is 23.3 Å². The van der Waals surface area contributed by atoms with Crippen LogP contribution in [0, 0.1) is 13.8 Å². The molecule has 2 aromatic carbocycles. The Kier molecular flexibility index (Phi) is 10.9. The van der Waals surface area contributed by atoms with Crippen LogP contribution in [0.15, 0.2) is 86.5 Å². The highest BCUT2D eigenvalue weighted by Gasteiger charge is 2.24. The van der Waals surface area contributed by atoms with Gasteiger partial charge in [-0.1, -0.05) is 26.1 Å². The van der Waals surface area contributed by atoms with Gasteiger partial charge in [0.05, 0.1) is 34.2 Å². The van der Waals surface area contributed by atoms with Crippen molar-refractivity contribution in [1.29, 1.82) is 0 Å². The van der Waals surface area contributed by atoms with Crippen LogP contribution >= 0.6 is 0 Å². The van der Waals surface area contributed by atoms with Crippen molar-refractivity contribution in [2.75, 3.05) is 49.1 Å². The molecule has 16 nitrogen and oxygen atoms in total. The number of carbonyl (C=O) groups is 1. The number of aromatic nitrogens is 10. The molecule has 0 spiro atoms. The predicted octanol–water partition coefficient (Wildman–Crippen LogP) is 7.46. The SMILES string of the molecule is C.C=CC(=O)N1CCN(c2ncnc3c(Oc4c(C)ccc5[nH]ncc45)nccc23)CC1.Cc1ccc2[nH]ncc2c1Oc1nccc2c(N3CCCCC3)ncnc12. The Bertz CT molecular complexity index is 2790. The number of rotatable bonds is 7. The number of anilines is 2. The number of fused-ring (bicyclic) bond motifs is 4. The molecule has 0 radical (unpaired) electrons. The molecule has 8 heterocycles. The largest absolute Gasteiger partial charge is 0.436 e. The molecule has 0 unspecified atom stereocenters. The van der Waals surface area contributed by atoms with Crippen LogP contribution < -0.4 is 19.3 Å². The first kappa shape index (κ1) is 38.6. The third-order valence-corrected chi connectivity index (χ3v) is 10.7. The van der Waals surface area contributed by atoms with Crippen molar-refractivity contribution in [2.24, 2.45) is 0 Å². The van der Waals surface area contributed by atoms with E-state index < -0.39 is 0 Å². The lowest BCUT2D eigenvalue weighted by Crippen LogP contribution is -2.48. The van der Waals surface area contributed by atoms with E-state index >= 15 is 0 Å². The Hall–Kier alpha value is -7.23. The van der Waals surface area contributed by atoms with Gasteiger partial charge in [0.25, 0.3) is 0 Å². The summed E-state index contributed by atoms with van der Waals surface area (Å²) in [6.45, 7) is 12.2. The molecule has 16 heteroatoms. The van der Waals surface area contributed by atoms with Crippen LogP contribution in [-0.2, 0) is 4.79 Å². The van der Waals surface area contributed by atoms with Gasteiger partial charge in [0.2, 0.25) is 17.7 Å². The van der Waals surface area contributed by atoms with Crippen molar-refractivity contribution in [3.8, 4) is 23.3 Å². The van der Waals surface area contributed by atoms with E-state index in [1.54, 1.807) is 36.0 Å². The Morgan fingerprint density at radius 3 is 1.61 bits per heavy atom. The standard InChI is InChI=1S/C22H21N7O2.C20H20N6O.CH4/c1-3-18(30)28-8-10-29(11-9-28)21-15-6-7-23-22(19(15)24-13-25-21)31-20-14(2)4-5-17-16(20)12-26-27-17;1-13-5-6-16-15(11-24-25-16)18(13)27-20-17-14(7-8-21-20)19(23-12-22-17)26-9-3-2-4-10-26;/h3-7,12-13H,1,8-11H2,2H3,(H,26,27);5-8,11-12H,2-4,9-10H2,1H3,(H,24,25);1H4. The molecule has 300 valence electrons. The zero-order valence-electron chi connectivity index (χ0n) is 32.2. The molecule has 2 aliphatic heterocycles. The number of hydrogen-bond donors (Lipinski definition) is 2. The highest BCUT2D eigenvalue weighted by atomic mass is 16.5. The molecule has 1 amide bonds. The highest BCUT2D eigenvalue weighted by molar-refractivity contribution is 5.95. The highest BCUT2D eigenvalue weighted by Crippen LogP contribution is 2.37. The lowest BCUT2D eigenvalue weighted by atomic mass is 10.1. The summed E-state index contributed by atoms with van der Waals surface area (Å²) in [6, 6.07) is 11.8. The average Bonchev–Trinajstić information content (AvgIpc) is 3.96. The van der Waals surface area contributed by atoms with E-state index in [0.717, 1.165) is 79.7 Å². The van der Waals surface area contributed by atoms with Crippen LogP contribution in [0.2, 0.25) is 0 Å². The van der Waals surface area contributed by atoms with Crippen LogP contribution in [0.1, 0.15) is 37.8 Å².